The molecule has 0 aliphatic rings. The van der Waals surface area contributed by atoms with Gasteiger partial charge in [0.15, 0.2) is 0 Å². The number of hydrogen-bond acceptors (Lipinski definition) is 2. The molecule has 2 N–H and O–H groups in total. The average molecular weight is 305 g/mol. The summed E-state index contributed by atoms with van der Waals surface area (Å²) in [6.07, 6.45) is 0.447. The van der Waals surface area contributed by atoms with Gasteiger partial charge in [-0.1, -0.05) is 12.1 Å². The third-order valence-electron chi connectivity index (χ3n) is 3.07. The normalized spacial score (nSPS) is 10.3. The van der Waals surface area contributed by atoms with Crippen LogP contribution in [-0.4, -0.2) is 23.5 Å². The first-order valence-corrected chi connectivity index (χ1v) is 6.53. The van der Waals surface area contributed by atoms with E-state index in [0.717, 1.165) is 23.8 Å². The summed E-state index contributed by atoms with van der Waals surface area (Å²) in [4.78, 5) is 22.5. The number of carboxylic acids is 1. The first-order chi connectivity index (χ1) is 10.5. The van der Waals surface area contributed by atoms with E-state index in [0.29, 0.717) is 6.42 Å². The molecule has 0 bridgehead atoms. The lowest BCUT2D eigenvalue weighted by molar-refractivity contribution is 0.0696. The van der Waals surface area contributed by atoms with Gasteiger partial charge in [0, 0.05) is 6.54 Å². The molecule has 0 radical (unpaired) electrons. The van der Waals surface area contributed by atoms with Gasteiger partial charge >= 0.3 is 5.97 Å². The molecular weight excluding hydrogens is 292 g/mol. The second-order valence-corrected chi connectivity index (χ2v) is 4.63. The van der Waals surface area contributed by atoms with Gasteiger partial charge in [-0.25, -0.2) is 13.6 Å². The standard InChI is InChI=1S/C16H13F2NO3/c17-12-5-6-14(18)13(9-12)15(20)19-8-7-10-1-3-11(4-2-10)16(21)22/h1-6,9H,7-8H2,(H,19,20)(H,21,22). The van der Waals surface area contributed by atoms with Crippen molar-refractivity contribution in [2.24, 2.45) is 0 Å². The van der Waals surface area contributed by atoms with Crippen molar-refractivity contribution in [1.82, 2.24) is 5.32 Å². The molecule has 0 spiro atoms. The number of carboxylic acid groups (broad SMARTS) is 1. The Bertz CT molecular complexity index is 699. The Kier molecular flexibility index (Phi) is 4.83. The van der Waals surface area contributed by atoms with Gasteiger partial charge in [0.2, 0.25) is 0 Å². The van der Waals surface area contributed by atoms with E-state index in [1.54, 1.807) is 12.1 Å². The SMILES string of the molecule is O=C(O)c1ccc(CCNC(=O)c2cc(F)ccc2F)cc1. The minimum absolute atomic E-state index is 0.176. The fourth-order valence-electron chi connectivity index (χ4n) is 1.90. The molecule has 114 valence electrons. The Hall–Kier alpha value is -2.76. The van der Waals surface area contributed by atoms with E-state index in [-0.39, 0.29) is 17.7 Å². The molecule has 2 aromatic carbocycles. The van der Waals surface area contributed by atoms with Crippen LogP contribution in [0.15, 0.2) is 42.5 Å². The minimum atomic E-state index is -1.01. The molecule has 0 atom stereocenters. The largest absolute Gasteiger partial charge is 0.478 e. The summed E-state index contributed by atoms with van der Waals surface area (Å²) < 4.78 is 26.4. The Morgan fingerprint density at radius 2 is 1.73 bits per heavy atom. The molecule has 0 heterocycles. The predicted molar refractivity (Wildman–Crippen MR) is 75.8 cm³/mol. The van der Waals surface area contributed by atoms with Crippen molar-refractivity contribution >= 4 is 11.9 Å². The lowest BCUT2D eigenvalue weighted by Gasteiger charge is -2.07. The van der Waals surface area contributed by atoms with Crippen molar-refractivity contribution < 1.29 is 23.5 Å². The molecule has 0 aliphatic carbocycles. The number of aromatic carboxylic acids is 1. The first-order valence-electron chi connectivity index (χ1n) is 6.53. The number of rotatable bonds is 5. The van der Waals surface area contributed by atoms with Crippen LogP contribution in [0.1, 0.15) is 26.3 Å². The average Bonchev–Trinajstić information content (AvgIpc) is 2.50. The van der Waals surface area contributed by atoms with Crippen LogP contribution in [-0.2, 0) is 6.42 Å². The van der Waals surface area contributed by atoms with Gasteiger partial charge in [0.1, 0.15) is 11.6 Å². The Morgan fingerprint density at radius 1 is 1.05 bits per heavy atom. The number of hydrogen-bond donors (Lipinski definition) is 2. The summed E-state index contributed by atoms with van der Waals surface area (Å²) in [7, 11) is 0. The van der Waals surface area contributed by atoms with E-state index < -0.39 is 23.5 Å². The molecule has 0 saturated carbocycles. The van der Waals surface area contributed by atoms with Gasteiger partial charge in [0.05, 0.1) is 11.1 Å². The van der Waals surface area contributed by atoms with E-state index in [2.05, 4.69) is 5.32 Å². The molecule has 0 aromatic heterocycles. The van der Waals surface area contributed by atoms with Crippen LogP contribution in [0, 0.1) is 11.6 Å². The lowest BCUT2D eigenvalue weighted by Crippen LogP contribution is -2.26. The van der Waals surface area contributed by atoms with Crippen molar-refractivity contribution in [2.45, 2.75) is 6.42 Å². The maximum absolute atomic E-state index is 13.4. The van der Waals surface area contributed by atoms with Gasteiger partial charge < -0.3 is 10.4 Å². The molecule has 0 fully saturated rings. The van der Waals surface area contributed by atoms with Crippen molar-refractivity contribution in [3.05, 3.63) is 70.8 Å². The number of carbonyl (C=O) groups excluding carboxylic acids is 1. The van der Waals surface area contributed by atoms with Gasteiger partial charge in [-0.2, -0.15) is 0 Å². The molecule has 0 aliphatic heterocycles. The molecular formula is C16H13F2NO3. The summed E-state index contributed by atoms with van der Waals surface area (Å²) >= 11 is 0. The third-order valence-corrected chi connectivity index (χ3v) is 3.07. The first kappa shape index (κ1) is 15.6. The number of benzene rings is 2. The fourth-order valence-corrected chi connectivity index (χ4v) is 1.90. The number of halogens is 2. The summed E-state index contributed by atoms with van der Waals surface area (Å²) in [6, 6.07) is 8.88. The van der Waals surface area contributed by atoms with E-state index in [1.165, 1.54) is 12.1 Å². The van der Waals surface area contributed by atoms with Crippen LogP contribution in [0.3, 0.4) is 0 Å². The van der Waals surface area contributed by atoms with E-state index in [1.807, 2.05) is 0 Å². The highest BCUT2D eigenvalue weighted by Crippen LogP contribution is 2.10. The smallest absolute Gasteiger partial charge is 0.335 e. The number of nitrogens with one attached hydrogen (secondary N) is 1. The Balaban J connectivity index is 1.91. The van der Waals surface area contributed by atoms with Crippen LogP contribution in [0.5, 0.6) is 0 Å². The molecule has 6 heteroatoms. The monoisotopic (exact) mass is 305 g/mol. The third kappa shape index (κ3) is 3.88. The topological polar surface area (TPSA) is 66.4 Å². The van der Waals surface area contributed by atoms with Crippen LogP contribution < -0.4 is 5.32 Å². The molecule has 22 heavy (non-hydrogen) atoms. The number of amides is 1. The van der Waals surface area contributed by atoms with Crippen LogP contribution >= 0.6 is 0 Å². The van der Waals surface area contributed by atoms with Gasteiger partial charge in [-0.15, -0.1) is 0 Å². The molecule has 4 nitrogen and oxygen atoms in total. The molecule has 1 amide bonds. The fraction of sp³-hybridized carbons (Fsp3) is 0.125. The maximum Gasteiger partial charge on any atom is 0.335 e. The molecule has 2 rings (SSSR count). The molecule has 0 saturated heterocycles. The summed E-state index contributed by atoms with van der Waals surface area (Å²) in [5, 5.41) is 11.3. The highest BCUT2D eigenvalue weighted by Gasteiger charge is 2.12. The Labute approximate surface area is 125 Å². The van der Waals surface area contributed by atoms with Gasteiger partial charge in [-0.3, -0.25) is 4.79 Å². The van der Waals surface area contributed by atoms with Crippen molar-refractivity contribution in [1.29, 1.82) is 0 Å². The van der Waals surface area contributed by atoms with Crippen molar-refractivity contribution in [3.63, 3.8) is 0 Å². The number of carbonyl (C=O) groups is 2. The molecule has 2 aromatic rings. The van der Waals surface area contributed by atoms with E-state index >= 15 is 0 Å². The second-order valence-electron chi connectivity index (χ2n) is 4.63. The van der Waals surface area contributed by atoms with Crippen LogP contribution in [0.4, 0.5) is 8.78 Å². The van der Waals surface area contributed by atoms with E-state index in [4.69, 9.17) is 5.11 Å². The van der Waals surface area contributed by atoms with Crippen LogP contribution in [0.2, 0.25) is 0 Å². The predicted octanol–water partition coefficient (Wildman–Crippen LogP) is 2.64. The summed E-state index contributed by atoms with van der Waals surface area (Å²) in [5.41, 5.74) is 0.654. The molecule has 0 unspecified atom stereocenters. The quantitative estimate of drug-likeness (QED) is 0.892. The van der Waals surface area contributed by atoms with Crippen LogP contribution in [0.25, 0.3) is 0 Å². The summed E-state index contributed by atoms with van der Waals surface area (Å²) in [5.74, 6) is -3.18. The highest BCUT2D eigenvalue weighted by atomic mass is 19.1. The maximum atomic E-state index is 13.4. The highest BCUT2D eigenvalue weighted by molar-refractivity contribution is 5.94. The van der Waals surface area contributed by atoms with Gasteiger partial charge in [0.25, 0.3) is 5.91 Å². The zero-order valence-corrected chi connectivity index (χ0v) is 11.5. The zero-order chi connectivity index (χ0) is 16.1. The minimum Gasteiger partial charge on any atom is -0.478 e. The van der Waals surface area contributed by atoms with Crippen molar-refractivity contribution in [2.75, 3.05) is 6.54 Å². The second kappa shape index (κ2) is 6.80. The van der Waals surface area contributed by atoms with Gasteiger partial charge in [-0.05, 0) is 42.3 Å². The lowest BCUT2D eigenvalue weighted by atomic mass is 10.1. The van der Waals surface area contributed by atoms with Crippen molar-refractivity contribution in [3.8, 4) is 0 Å². The summed E-state index contributed by atoms with van der Waals surface area (Å²) in [6.45, 7) is 0.223. The Morgan fingerprint density at radius 3 is 2.36 bits per heavy atom. The zero-order valence-electron chi connectivity index (χ0n) is 11.5. The van der Waals surface area contributed by atoms with E-state index in [9.17, 15) is 18.4 Å².